The van der Waals surface area contributed by atoms with Crippen LogP contribution >= 0.6 is 0 Å². The molecule has 0 spiro atoms. The average molecular weight is 389 g/mol. The molecule has 1 aromatic heterocycles. The highest BCUT2D eigenvalue weighted by molar-refractivity contribution is 6.98. The maximum Gasteiger partial charge on any atom is 0.260 e. The minimum absolute atomic E-state index is 0.0816. The number of rotatable bonds is 2. The number of fused-ring (bicyclic) bond motifs is 4. The number of benzene rings is 3. The van der Waals surface area contributed by atoms with Gasteiger partial charge in [-0.05, 0) is 58.8 Å². The summed E-state index contributed by atoms with van der Waals surface area (Å²) in [5.74, 6) is 3.94. The topological polar surface area (TPSA) is 31.4 Å². The van der Waals surface area contributed by atoms with Gasteiger partial charge in [-0.1, -0.05) is 50.2 Å². The predicted octanol–water partition coefficient (Wildman–Crippen LogP) is 4.60. The molecule has 3 nitrogen and oxygen atoms in total. The van der Waals surface area contributed by atoms with Crippen LogP contribution in [0.2, 0.25) is 0 Å². The fourth-order valence-corrected chi connectivity index (χ4v) is 4.54. The van der Waals surface area contributed by atoms with Crippen molar-refractivity contribution in [3.8, 4) is 34.3 Å². The van der Waals surface area contributed by atoms with Crippen molar-refractivity contribution in [2.45, 2.75) is 19.8 Å². The molecular formula is C26H20BNO2. The maximum atomic E-state index is 6.51. The molecule has 0 unspecified atom stereocenters. The monoisotopic (exact) mass is 389 g/mol. The number of hydrogen-bond donors (Lipinski definition) is 0. The second-order valence-electron chi connectivity index (χ2n) is 8.20. The Morgan fingerprint density at radius 2 is 1.47 bits per heavy atom. The van der Waals surface area contributed by atoms with Gasteiger partial charge in [-0.15, -0.1) is 0 Å². The fraction of sp³-hybridized carbons (Fsp3) is 0.115. The lowest BCUT2D eigenvalue weighted by atomic mass is 9.34. The molecule has 0 saturated carbocycles. The van der Waals surface area contributed by atoms with Gasteiger partial charge in [0.1, 0.15) is 23.0 Å². The van der Waals surface area contributed by atoms with Gasteiger partial charge in [-0.2, -0.15) is 0 Å². The molecule has 144 valence electrons. The zero-order valence-corrected chi connectivity index (χ0v) is 16.9. The van der Waals surface area contributed by atoms with E-state index in [0.29, 0.717) is 5.92 Å². The number of hydrogen-bond acceptors (Lipinski definition) is 3. The van der Waals surface area contributed by atoms with Crippen LogP contribution in [0.3, 0.4) is 0 Å². The number of nitrogens with zero attached hydrogens (tertiary/aromatic N) is 1. The molecule has 0 radical (unpaired) electrons. The van der Waals surface area contributed by atoms with E-state index >= 15 is 0 Å². The first-order valence-electron chi connectivity index (χ1n) is 10.4. The third kappa shape index (κ3) is 2.50. The molecule has 0 N–H and O–H groups in total. The highest BCUT2D eigenvalue weighted by Gasteiger charge is 2.40. The van der Waals surface area contributed by atoms with Crippen LogP contribution in [-0.4, -0.2) is 11.7 Å². The molecule has 0 amide bonds. The van der Waals surface area contributed by atoms with E-state index in [0.717, 1.165) is 39.7 Å². The Bertz CT molecular complexity index is 1290. The summed E-state index contributed by atoms with van der Waals surface area (Å²) in [6.07, 6.45) is 1.89. The van der Waals surface area contributed by atoms with E-state index in [4.69, 9.17) is 9.47 Å². The van der Waals surface area contributed by atoms with E-state index in [1.165, 1.54) is 16.5 Å². The van der Waals surface area contributed by atoms with E-state index in [1.54, 1.807) is 0 Å². The number of ether oxygens (including phenoxy) is 2. The maximum absolute atomic E-state index is 6.51. The van der Waals surface area contributed by atoms with Crippen LogP contribution in [-0.2, 0) is 0 Å². The second-order valence-corrected chi connectivity index (χ2v) is 8.20. The Hall–Kier alpha value is -3.53. The van der Waals surface area contributed by atoms with E-state index < -0.39 is 0 Å². The first-order valence-corrected chi connectivity index (χ1v) is 10.4. The SMILES string of the molecule is CC(C)c1ccnc(-c2ccc3c4c2Oc2ccccc2B4c2ccccc2O3)c1. The molecule has 0 fully saturated rings. The van der Waals surface area contributed by atoms with Crippen LogP contribution in [0.1, 0.15) is 25.3 Å². The Balaban J connectivity index is 1.62. The predicted molar refractivity (Wildman–Crippen MR) is 121 cm³/mol. The lowest BCUT2D eigenvalue weighted by Gasteiger charge is -2.33. The quantitative estimate of drug-likeness (QED) is 0.406. The Kier molecular flexibility index (Phi) is 3.75. The van der Waals surface area contributed by atoms with Gasteiger partial charge in [0.15, 0.2) is 0 Å². The Morgan fingerprint density at radius 3 is 2.20 bits per heavy atom. The molecule has 2 aliphatic rings. The van der Waals surface area contributed by atoms with Crippen LogP contribution in [0.15, 0.2) is 79.0 Å². The molecule has 0 atom stereocenters. The fourth-order valence-electron chi connectivity index (χ4n) is 4.54. The van der Waals surface area contributed by atoms with E-state index in [2.05, 4.69) is 67.4 Å². The molecule has 30 heavy (non-hydrogen) atoms. The third-order valence-electron chi connectivity index (χ3n) is 6.06. The van der Waals surface area contributed by atoms with Gasteiger partial charge in [-0.3, -0.25) is 4.98 Å². The van der Waals surface area contributed by atoms with Crippen molar-refractivity contribution in [3.05, 3.63) is 84.6 Å². The molecule has 0 aliphatic carbocycles. The van der Waals surface area contributed by atoms with Crippen molar-refractivity contribution in [3.63, 3.8) is 0 Å². The van der Waals surface area contributed by atoms with Gasteiger partial charge in [0.25, 0.3) is 6.71 Å². The Morgan fingerprint density at radius 1 is 0.767 bits per heavy atom. The van der Waals surface area contributed by atoms with Crippen LogP contribution < -0.4 is 25.9 Å². The first kappa shape index (κ1) is 17.3. The summed E-state index contributed by atoms with van der Waals surface area (Å²) < 4.78 is 12.8. The van der Waals surface area contributed by atoms with E-state index in [9.17, 15) is 0 Å². The van der Waals surface area contributed by atoms with Crippen LogP contribution in [0, 0.1) is 0 Å². The summed E-state index contributed by atoms with van der Waals surface area (Å²) >= 11 is 0. The molecule has 4 heteroatoms. The number of para-hydroxylation sites is 2. The molecule has 3 aromatic carbocycles. The summed E-state index contributed by atoms with van der Waals surface area (Å²) in [7, 11) is 0. The lowest BCUT2D eigenvalue weighted by Crippen LogP contribution is -2.57. The minimum Gasteiger partial charge on any atom is -0.458 e. The number of aromatic nitrogens is 1. The van der Waals surface area contributed by atoms with Gasteiger partial charge in [0.05, 0.1) is 5.69 Å². The van der Waals surface area contributed by atoms with Crippen molar-refractivity contribution in [2.24, 2.45) is 0 Å². The second kappa shape index (κ2) is 6.49. The number of pyridine rings is 1. The molecule has 6 rings (SSSR count). The van der Waals surface area contributed by atoms with Gasteiger partial charge in [0, 0.05) is 17.2 Å². The van der Waals surface area contributed by atoms with E-state index in [1.807, 2.05) is 30.5 Å². The molecule has 0 bridgehead atoms. The van der Waals surface area contributed by atoms with Gasteiger partial charge < -0.3 is 9.47 Å². The molecule has 2 aliphatic heterocycles. The molecule has 3 heterocycles. The van der Waals surface area contributed by atoms with Gasteiger partial charge >= 0.3 is 0 Å². The van der Waals surface area contributed by atoms with Crippen LogP contribution in [0.4, 0.5) is 0 Å². The minimum atomic E-state index is 0.0816. The third-order valence-corrected chi connectivity index (χ3v) is 6.06. The van der Waals surface area contributed by atoms with Crippen molar-refractivity contribution < 1.29 is 9.47 Å². The van der Waals surface area contributed by atoms with Crippen molar-refractivity contribution in [2.75, 3.05) is 0 Å². The van der Waals surface area contributed by atoms with Crippen molar-refractivity contribution in [1.82, 2.24) is 4.98 Å². The molecule has 4 aromatic rings. The average Bonchev–Trinajstić information content (AvgIpc) is 2.79. The zero-order valence-electron chi connectivity index (χ0n) is 16.9. The smallest absolute Gasteiger partial charge is 0.260 e. The summed E-state index contributed by atoms with van der Waals surface area (Å²) in [4.78, 5) is 4.68. The van der Waals surface area contributed by atoms with Crippen LogP contribution in [0.25, 0.3) is 11.3 Å². The summed E-state index contributed by atoms with van der Waals surface area (Å²) in [5, 5.41) is 0. The highest BCUT2D eigenvalue weighted by Crippen LogP contribution is 2.40. The molecular weight excluding hydrogens is 369 g/mol. The van der Waals surface area contributed by atoms with Crippen molar-refractivity contribution in [1.29, 1.82) is 0 Å². The zero-order chi connectivity index (χ0) is 20.2. The standard InChI is InChI=1S/C26H20BNO2/c1-16(2)17-13-14-28-21(15-17)18-11-12-24-25-26(18)30-23-10-6-4-8-20(23)27(25)19-7-3-5-9-22(19)29-24/h3-16H,1-2H3. The van der Waals surface area contributed by atoms with Gasteiger partial charge in [-0.25, -0.2) is 0 Å². The Labute approximate surface area is 176 Å². The summed E-state index contributed by atoms with van der Waals surface area (Å²) in [5.41, 5.74) is 6.61. The first-order chi connectivity index (χ1) is 14.7. The lowest BCUT2D eigenvalue weighted by molar-refractivity contribution is 0.465. The summed E-state index contributed by atoms with van der Waals surface area (Å²) in [6.45, 7) is 4.48. The van der Waals surface area contributed by atoms with Crippen molar-refractivity contribution >= 4 is 23.1 Å². The highest BCUT2D eigenvalue weighted by atomic mass is 16.5. The molecule has 0 saturated heterocycles. The van der Waals surface area contributed by atoms with Gasteiger partial charge in [0.2, 0.25) is 0 Å². The largest absolute Gasteiger partial charge is 0.458 e. The van der Waals surface area contributed by atoms with E-state index in [-0.39, 0.29) is 6.71 Å². The normalized spacial score (nSPS) is 13.1. The summed E-state index contributed by atoms with van der Waals surface area (Å²) in [6, 6.07) is 24.9. The van der Waals surface area contributed by atoms with Crippen LogP contribution in [0.5, 0.6) is 23.0 Å².